The number of rotatable bonds is 3. The molecule has 1 atom stereocenters. The monoisotopic (exact) mass is 211 g/mol. The molecule has 0 aliphatic heterocycles. The minimum Gasteiger partial charge on any atom is -0.327 e. The summed E-state index contributed by atoms with van der Waals surface area (Å²) in [5, 5.41) is 0.832. The van der Waals surface area contributed by atoms with Gasteiger partial charge in [-0.05, 0) is 36.5 Å². The van der Waals surface area contributed by atoms with Gasteiger partial charge in [0.2, 0.25) is 0 Å². The summed E-state index contributed by atoms with van der Waals surface area (Å²) in [4.78, 5) is 0. The van der Waals surface area contributed by atoms with Gasteiger partial charge in [0.1, 0.15) is 0 Å². The Labute approximate surface area is 91.3 Å². The van der Waals surface area contributed by atoms with E-state index in [9.17, 15) is 0 Å². The summed E-state index contributed by atoms with van der Waals surface area (Å²) in [5.41, 5.74) is 8.34. The van der Waals surface area contributed by atoms with Gasteiger partial charge in [0, 0.05) is 11.1 Å². The molecule has 0 aliphatic rings. The zero-order valence-electron chi connectivity index (χ0n) is 9.05. The number of hydrogen-bond acceptors (Lipinski definition) is 1. The number of nitrogens with two attached hydrogens (primary N) is 1. The Kier molecular flexibility index (Phi) is 3.97. The van der Waals surface area contributed by atoms with E-state index in [-0.39, 0.29) is 6.04 Å². The molecule has 1 aromatic carbocycles. The molecule has 0 spiro atoms. The van der Waals surface area contributed by atoms with Crippen molar-refractivity contribution in [2.24, 2.45) is 11.7 Å². The Bertz CT molecular complexity index is 307. The average Bonchev–Trinajstić information content (AvgIpc) is 2.11. The van der Waals surface area contributed by atoms with Gasteiger partial charge >= 0.3 is 0 Å². The number of hydrogen-bond donors (Lipinski definition) is 1. The molecule has 0 aromatic heterocycles. The van der Waals surface area contributed by atoms with E-state index < -0.39 is 0 Å². The van der Waals surface area contributed by atoms with Gasteiger partial charge in [-0.2, -0.15) is 0 Å². The standard InChI is InChI=1S/C12H18ClN/c1-8(2)12(14)7-10-5-4-9(3)11(13)6-10/h4-6,8,12H,7,14H2,1-3H3. The van der Waals surface area contributed by atoms with Crippen molar-refractivity contribution in [3.8, 4) is 0 Å². The smallest absolute Gasteiger partial charge is 0.0437 e. The zero-order chi connectivity index (χ0) is 10.7. The van der Waals surface area contributed by atoms with Crippen molar-refractivity contribution in [1.29, 1.82) is 0 Å². The Morgan fingerprint density at radius 2 is 2.00 bits per heavy atom. The van der Waals surface area contributed by atoms with Crippen LogP contribution in [0, 0.1) is 12.8 Å². The second-order valence-corrected chi connectivity index (χ2v) is 4.60. The molecule has 1 unspecified atom stereocenters. The first kappa shape index (κ1) is 11.5. The van der Waals surface area contributed by atoms with Crippen LogP contribution in [0.5, 0.6) is 0 Å². The van der Waals surface area contributed by atoms with Crippen molar-refractivity contribution in [3.05, 3.63) is 34.3 Å². The highest BCUT2D eigenvalue weighted by atomic mass is 35.5. The minimum absolute atomic E-state index is 0.216. The van der Waals surface area contributed by atoms with Crippen LogP contribution < -0.4 is 5.73 Å². The average molecular weight is 212 g/mol. The van der Waals surface area contributed by atoms with Crippen LogP contribution >= 0.6 is 11.6 Å². The molecule has 78 valence electrons. The molecule has 0 radical (unpaired) electrons. The molecule has 0 aliphatic carbocycles. The Hall–Kier alpha value is -0.530. The van der Waals surface area contributed by atoms with Gasteiger partial charge in [-0.3, -0.25) is 0 Å². The molecule has 0 saturated carbocycles. The second-order valence-electron chi connectivity index (χ2n) is 4.20. The molecule has 2 heteroatoms. The van der Waals surface area contributed by atoms with Gasteiger partial charge in [-0.15, -0.1) is 0 Å². The normalized spacial score (nSPS) is 13.3. The molecule has 1 aromatic rings. The fraction of sp³-hybridized carbons (Fsp3) is 0.500. The molecular weight excluding hydrogens is 194 g/mol. The van der Waals surface area contributed by atoms with Crippen LogP contribution in [-0.4, -0.2) is 6.04 Å². The largest absolute Gasteiger partial charge is 0.327 e. The molecule has 0 fully saturated rings. The highest BCUT2D eigenvalue weighted by Crippen LogP contribution is 2.18. The summed E-state index contributed by atoms with van der Waals surface area (Å²) in [5.74, 6) is 0.509. The maximum absolute atomic E-state index is 6.04. The van der Waals surface area contributed by atoms with Crippen LogP contribution in [0.1, 0.15) is 25.0 Å². The van der Waals surface area contributed by atoms with E-state index >= 15 is 0 Å². The van der Waals surface area contributed by atoms with Gasteiger partial charge in [-0.1, -0.05) is 37.6 Å². The first-order chi connectivity index (χ1) is 6.50. The topological polar surface area (TPSA) is 26.0 Å². The highest BCUT2D eigenvalue weighted by molar-refractivity contribution is 6.31. The first-order valence-corrected chi connectivity index (χ1v) is 5.39. The van der Waals surface area contributed by atoms with Gasteiger partial charge < -0.3 is 5.73 Å². The van der Waals surface area contributed by atoms with Crippen molar-refractivity contribution in [2.75, 3.05) is 0 Å². The van der Waals surface area contributed by atoms with Crippen LogP contribution in [0.25, 0.3) is 0 Å². The lowest BCUT2D eigenvalue weighted by molar-refractivity contribution is 0.490. The number of halogens is 1. The molecular formula is C12H18ClN. The van der Waals surface area contributed by atoms with E-state index in [1.807, 2.05) is 19.1 Å². The van der Waals surface area contributed by atoms with Crippen LogP contribution in [-0.2, 0) is 6.42 Å². The van der Waals surface area contributed by atoms with E-state index in [1.54, 1.807) is 0 Å². The summed E-state index contributed by atoms with van der Waals surface area (Å²) < 4.78 is 0. The third kappa shape index (κ3) is 3.00. The van der Waals surface area contributed by atoms with E-state index in [1.165, 1.54) is 5.56 Å². The Balaban J connectivity index is 2.73. The summed E-state index contributed by atoms with van der Waals surface area (Å²) in [6, 6.07) is 6.38. The van der Waals surface area contributed by atoms with Crippen molar-refractivity contribution < 1.29 is 0 Å². The lowest BCUT2D eigenvalue weighted by atomic mass is 9.97. The Morgan fingerprint density at radius 3 is 2.50 bits per heavy atom. The van der Waals surface area contributed by atoms with E-state index in [2.05, 4.69) is 19.9 Å². The summed E-state index contributed by atoms with van der Waals surface area (Å²) in [7, 11) is 0. The van der Waals surface area contributed by atoms with Gasteiger partial charge in [0.05, 0.1) is 0 Å². The molecule has 0 heterocycles. The zero-order valence-corrected chi connectivity index (χ0v) is 9.81. The first-order valence-electron chi connectivity index (χ1n) is 5.01. The highest BCUT2D eigenvalue weighted by Gasteiger charge is 2.08. The van der Waals surface area contributed by atoms with Gasteiger partial charge in [-0.25, -0.2) is 0 Å². The van der Waals surface area contributed by atoms with E-state index in [4.69, 9.17) is 17.3 Å². The van der Waals surface area contributed by atoms with E-state index in [0.29, 0.717) is 5.92 Å². The fourth-order valence-electron chi connectivity index (χ4n) is 1.27. The Morgan fingerprint density at radius 1 is 1.36 bits per heavy atom. The van der Waals surface area contributed by atoms with Crippen LogP contribution in [0.2, 0.25) is 5.02 Å². The molecule has 0 amide bonds. The summed E-state index contributed by atoms with van der Waals surface area (Å²) >= 11 is 6.04. The van der Waals surface area contributed by atoms with Crippen molar-refractivity contribution in [3.63, 3.8) is 0 Å². The molecule has 2 N–H and O–H groups in total. The SMILES string of the molecule is Cc1ccc(CC(N)C(C)C)cc1Cl. The third-order valence-electron chi connectivity index (χ3n) is 2.56. The maximum atomic E-state index is 6.04. The molecule has 0 saturated heterocycles. The van der Waals surface area contributed by atoms with Crippen LogP contribution in [0.3, 0.4) is 0 Å². The predicted molar refractivity (Wildman–Crippen MR) is 62.7 cm³/mol. The lowest BCUT2D eigenvalue weighted by Crippen LogP contribution is -2.28. The number of benzene rings is 1. The van der Waals surface area contributed by atoms with Crippen molar-refractivity contribution in [1.82, 2.24) is 0 Å². The molecule has 1 nitrogen and oxygen atoms in total. The van der Waals surface area contributed by atoms with Crippen LogP contribution in [0.15, 0.2) is 18.2 Å². The number of aryl methyl sites for hydroxylation is 1. The summed E-state index contributed by atoms with van der Waals surface area (Å²) in [6.07, 6.45) is 0.900. The third-order valence-corrected chi connectivity index (χ3v) is 2.97. The van der Waals surface area contributed by atoms with Gasteiger partial charge in [0.25, 0.3) is 0 Å². The van der Waals surface area contributed by atoms with Crippen LogP contribution in [0.4, 0.5) is 0 Å². The predicted octanol–water partition coefficient (Wildman–Crippen LogP) is 3.17. The molecule has 1 rings (SSSR count). The minimum atomic E-state index is 0.216. The van der Waals surface area contributed by atoms with Gasteiger partial charge in [0.15, 0.2) is 0 Å². The van der Waals surface area contributed by atoms with E-state index in [0.717, 1.165) is 17.0 Å². The second kappa shape index (κ2) is 4.81. The molecule has 0 bridgehead atoms. The molecule has 14 heavy (non-hydrogen) atoms. The van der Waals surface area contributed by atoms with Crippen molar-refractivity contribution in [2.45, 2.75) is 33.2 Å². The maximum Gasteiger partial charge on any atom is 0.0437 e. The lowest BCUT2D eigenvalue weighted by Gasteiger charge is -2.15. The fourth-order valence-corrected chi connectivity index (χ4v) is 1.47. The summed E-state index contributed by atoms with van der Waals surface area (Å²) in [6.45, 7) is 6.29. The quantitative estimate of drug-likeness (QED) is 0.817. The van der Waals surface area contributed by atoms with Crippen molar-refractivity contribution >= 4 is 11.6 Å².